The molecule has 0 N–H and O–H groups in total. The average Bonchev–Trinajstić information content (AvgIpc) is 2.57. The Labute approximate surface area is 137 Å². The van der Waals surface area contributed by atoms with Crippen molar-refractivity contribution < 1.29 is 4.74 Å². The highest BCUT2D eigenvalue weighted by atomic mass is 35.5. The van der Waals surface area contributed by atoms with Crippen molar-refractivity contribution in [1.29, 1.82) is 0 Å². The number of rotatable bonds is 4. The summed E-state index contributed by atoms with van der Waals surface area (Å²) in [6.45, 7) is 3.29. The van der Waals surface area contributed by atoms with E-state index < -0.39 is 0 Å². The van der Waals surface area contributed by atoms with Gasteiger partial charge < -0.3 is 4.74 Å². The molecule has 0 aliphatic carbocycles. The van der Waals surface area contributed by atoms with Gasteiger partial charge in [-0.3, -0.25) is 4.90 Å². The van der Waals surface area contributed by atoms with Gasteiger partial charge in [0.05, 0.1) is 7.11 Å². The molecule has 0 unspecified atom stereocenters. The molecule has 0 spiro atoms. The van der Waals surface area contributed by atoms with E-state index in [1.807, 2.05) is 18.2 Å². The molecule has 22 heavy (non-hydrogen) atoms. The summed E-state index contributed by atoms with van der Waals surface area (Å²) in [5.41, 5.74) is 2.75. The quantitative estimate of drug-likeness (QED) is 0.809. The highest BCUT2D eigenvalue weighted by molar-refractivity contribution is 6.30. The first-order valence-corrected chi connectivity index (χ1v) is 8.23. The maximum Gasteiger partial charge on any atom is 0.119 e. The predicted octanol–water partition coefficient (Wildman–Crippen LogP) is 4.73. The van der Waals surface area contributed by atoms with E-state index in [0.29, 0.717) is 5.92 Å². The molecule has 2 aromatic carbocycles. The fraction of sp³-hybridized carbons (Fsp3) is 0.368. The molecule has 0 aromatic heterocycles. The third kappa shape index (κ3) is 3.82. The van der Waals surface area contributed by atoms with Crippen LogP contribution in [0.5, 0.6) is 5.75 Å². The Kier molecular flexibility index (Phi) is 5.01. The second-order valence-corrected chi connectivity index (χ2v) is 6.39. The van der Waals surface area contributed by atoms with Crippen LogP contribution < -0.4 is 4.74 Å². The van der Waals surface area contributed by atoms with Crippen molar-refractivity contribution in [3.05, 3.63) is 64.7 Å². The van der Waals surface area contributed by atoms with E-state index in [-0.39, 0.29) is 0 Å². The molecular weight excluding hydrogens is 294 g/mol. The lowest BCUT2D eigenvalue weighted by molar-refractivity contribution is 0.204. The van der Waals surface area contributed by atoms with Crippen molar-refractivity contribution in [2.45, 2.75) is 25.3 Å². The van der Waals surface area contributed by atoms with Crippen LogP contribution >= 0.6 is 11.6 Å². The van der Waals surface area contributed by atoms with Gasteiger partial charge in [0.25, 0.3) is 0 Å². The van der Waals surface area contributed by atoms with Gasteiger partial charge in [-0.15, -0.1) is 0 Å². The first kappa shape index (κ1) is 15.4. The van der Waals surface area contributed by atoms with Crippen LogP contribution in [0.15, 0.2) is 48.5 Å². The van der Waals surface area contributed by atoms with Crippen molar-refractivity contribution in [3.8, 4) is 5.75 Å². The van der Waals surface area contributed by atoms with Crippen LogP contribution in [0.25, 0.3) is 0 Å². The summed E-state index contributed by atoms with van der Waals surface area (Å²) in [4.78, 5) is 2.53. The summed E-state index contributed by atoms with van der Waals surface area (Å²) in [5.74, 6) is 1.60. The maximum atomic E-state index is 5.97. The number of piperidine rings is 1. The molecule has 1 aliphatic rings. The van der Waals surface area contributed by atoms with E-state index in [1.165, 1.54) is 24.0 Å². The Morgan fingerprint density at radius 2 is 1.82 bits per heavy atom. The van der Waals surface area contributed by atoms with E-state index in [1.54, 1.807) is 7.11 Å². The van der Waals surface area contributed by atoms with Crippen molar-refractivity contribution in [2.24, 2.45) is 0 Å². The van der Waals surface area contributed by atoms with Gasteiger partial charge in [0.15, 0.2) is 0 Å². The Hall–Kier alpha value is -1.51. The van der Waals surface area contributed by atoms with E-state index in [0.717, 1.165) is 30.4 Å². The molecule has 2 aromatic rings. The normalized spacial score (nSPS) is 16.6. The van der Waals surface area contributed by atoms with Gasteiger partial charge in [-0.25, -0.2) is 0 Å². The number of ether oxygens (including phenoxy) is 1. The fourth-order valence-corrected chi connectivity index (χ4v) is 3.31. The summed E-state index contributed by atoms with van der Waals surface area (Å²) < 4.78 is 5.30. The highest BCUT2D eigenvalue weighted by Gasteiger charge is 2.20. The van der Waals surface area contributed by atoms with Gasteiger partial charge in [-0.2, -0.15) is 0 Å². The zero-order valence-electron chi connectivity index (χ0n) is 13.0. The molecule has 1 saturated heterocycles. The van der Waals surface area contributed by atoms with Crippen LogP contribution in [0, 0.1) is 0 Å². The average molecular weight is 316 g/mol. The highest BCUT2D eigenvalue weighted by Crippen LogP contribution is 2.29. The molecule has 3 rings (SSSR count). The van der Waals surface area contributed by atoms with Gasteiger partial charge >= 0.3 is 0 Å². The minimum atomic E-state index is 0.666. The van der Waals surface area contributed by atoms with Crippen LogP contribution in [0.3, 0.4) is 0 Å². The van der Waals surface area contributed by atoms with Crippen molar-refractivity contribution in [2.75, 3.05) is 20.2 Å². The molecule has 0 saturated carbocycles. The van der Waals surface area contributed by atoms with Gasteiger partial charge in [0, 0.05) is 11.6 Å². The minimum absolute atomic E-state index is 0.666. The molecule has 0 bridgehead atoms. The molecule has 2 nitrogen and oxygen atoms in total. The Morgan fingerprint density at radius 3 is 2.50 bits per heavy atom. The molecule has 1 aliphatic heterocycles. The van der Waals surface area contributed by atoms with Crippen LogP contribution in [0.2, 0.25) is 5.02 Å². The Morgan fingerprint density at radius 1 is 1.09 bits per heavy atom. The summed E-state index contributed by atoms with van der Waals surface area (Å²) in [5, 5.41) is 0.819. The first-order valence-electron chi connectivity index (χ1n) is 7.85. The molecule has 0 radical (unpaired) electrons. The predicted molar refractivity (Wildman–Crippen MR) is 91.7 cm³/mol. The summed E-state index contributed by atoms with van der Waals surface area (Å²) in [6.07, 6.45) is 2.43. The maximum absolute atomic E-state index is 5.97. The lowest BCUT2D eigenvalue weighted by Crippen LogP contribution is -2.32. The van der Waals surface area contributed by atoms with Crippen molar-refractivity contribution >= 4 is 11.6 Å². The number of hydrogen-bond donors (Lipinski definition) is 0. The van der Waals surface area contributed by atoms with E-state index in [9.17, 15) is 0 Å². The molecule has 116 valence electrons. The zero-order valence-corrected chi connectivity index (χ0v) is 13.7. The number of methoxy groups -OCH3 is 1. The number of nitrogens with zero attached hydrogens (tertiary/aromatic N) is 1. The standard InChI is InChI=1S/C19H22ClNO/c1-22-19-4-2-3-15(13-19)14-21-11-9-17(10-12-21)16-5-7-18(20)8-6-16/h2-8,13,17H,9-12,14H2,1H3. The molecular formula is C19H22ClNO. The lowest BCUT2D eigenvalue weighted by atomic mass is 9.89. The largest absolute Gasteiger partial charge is 0.497 e. The third-order valence-electron chi connectivity index (χ3n) is 4.47. The van der Waals surface area contributed by atoms with Crippen LogP contribution in [0.4, 0.5) is 0 Å². The van der Waals surface area contributed by atoms with Crippen LogP contribution in [-0.2, 0) is 6.54 Å². The smallest absolute Gasteiger partial charge is 0.119 e. The Bertz CT molecular complexity index is 603. The molecule has 0 amide bonds. The number of hydrogen-bond acceptors (Lipinski definition) is 2. The molecule has 0 atom stereocenters. The summed E-state index contributed by atoms with van der Waals surface area (Å²) in [6, 6.07) is 16.7. The van der Waals surface area contributed by atoms with Gasteiger partial charge in [-0.05, 0) is 67.2 Å². The number of benzene rings is 2. The SMILES string of the molecule is COc1cccc(CN2CCC(c3ccc(Cl)cc3)CC2)c1. The van der Waals surface area contributed by atoms with E-state index in [2.05, 4.69) is 35.2 Å². The number of halogens is 1. The third-order valence-corrected chi connectivity index (χ3v) is 4.72. The lowest BCUT2D eigenvalue weighted by Gasteiger charge is -2.32. The minimum Gasteiger partial charge on any atom is -0.497 e. The molecule has 1 heterocycles. The summed E-state index contributed by atoms with van der Waals surface area (Å²) >= 11 is 5.97. The van der Waals surface area contributed by atoms with E-state index >= 15 is 0 Å². The molecule has 3 heteroatoms. The second kappa shape index (κ2) is 7.17. The zero-order chi connectivity index (χ0) is 15.4. The van der Waals surface area contributed by atoms with Gasteiger partial charge in [0.1, 0.15) is 5.75 Å². The monoisotopic (exact) mass is 315 g/mol. The molecule has 1 fully saturated rings. The van der Waals surface area contributed by atoms with E-state index in [4.69, 9.17) is 16.3 Å². The fourth-order valence-electron chi connectivity index (χ4n) is 3.19. The second-order valence-electron chi connectivity index (χ2n) is 5.95. The summed E-state index contributed by atoms with van der Waals surface area (Å²) in [7, 11) is 1.72. The van der Waals surface area contributed by atoms with Crippen molar-refractivity contribution in [1.82, 2.24) is 4.90 Å². The Balaban J connectivity index is 1.56. The van der Waals surface area contributed by atoms with Gasteiger partial charge in [-0.1, -0.05) is 35.9 Å². The van der Waals surface area contributed by atoms with Crippen LogP contribution in [-0.4, -0.2) is 25.1 Å². The van der Waals surface area contributed by atoms with Crippen LogP contribution in [0.1, 0.15) is 29.9 Å². The van der Waals surface area contributed by atoms with Crippen molar-refractivity contribution in [3.63, 3.8) is 0 Å². The van der Waals surface area contributed by atoms with Gasteiger partial charge in [0.2, 0.25) is 0 Å². The first-order chi connectivity index (χ1) is 10.7. The number of likely N-dealkylation sites (tertiary alicyclic amines) is 1. The topological polar surface area (TPSA) is 12.5 Å².